The molecule has 0 aromatic heterocycles. The van der Waals surface area contributed by atoms with Crippen molar-refractivity contribution < 1.29 is 64.5 Å². The van der Waals surface area contributed by atoms with E-state index in [1.165, 1.54) is 0 Å². The van der Waals surface area contributed by atoms with Crippen molar-refractivity contribution in [2.75, 3.05) is 75.6 Å². The van der Waals surface area contributed by atoms with Crippen LogP contribution in [0.2, 0.25) is 0 Å². The molecular weight excluding hydrogens is 1430 g/mol. The Morgan fingerprint density at radius 1 is 0.518 bits per heavy atom. The van der Waals surface area contributed by atoms with E-state index < -0.39 is 94.5 Å². The number of nitrogens with one attached hydrogen (secondary N) is 4. The minimum atomic E-state index is -1.56. The van der Waals surface area contributed by atoms with E-state index in [-0.39, 0.29) is 68.1 Å². The predicted molar refractivity (Wildman–Crippen MR) is 252 cm³/mol. The standard InChI is InChI=1S/C31H36I6N6O13/c32-20-16(28(53)38-1-3-44)22(34)26(24(36)18(20)30(55)40-13(7-46)8-47)42(11-50)5-15(52)6-43(12-51)27-23(35)17(29(54)39-2-4-45)21(33)19(25(27)37)31(56)41-14(9-48)10-49/h11-15,44-49,52H,1-10H2,(H,38,53)(H,39,54)(H,40,55)(H,41,56). The summed E-state index contributed by atoms with van der Waals surface area (Å²) in [4.78, 5) is 81.2. The Labute approximate surface area is 401 Å². The molecule has 0 spiro atoms. The molecule has 56 heavy (non-hydrogen) atoms. The lowest BCUT2D eigenvalue weighted by Gasteiger charge is -2.30. The fourth-order valence-corrected chi connectivity index (χ4v) is 14.3. The van der Waals surface area contributed by atoms with Crippen molar-refractivity contribution >= 4 is 183 Å². The lowest BCUT2D eigenvalue weighted by Crippen LogP contribution is -2.43. The van der Waals surface area contributed by atoms with E-state index in [0.29, 0.717) is 12.8 Å². The molecule has 0 aliphatic carbocycles. The number of hydrogen-bond acceptors (Lipinski definition) is 13. The largest absolute Gasteiger partial charge is 0.395 e. The SMILES string of the molecule is O=CN(CC(O)CN(C=O)c1c(I)c(C(=O)NCCO)c(I)c(C(=O)NC(CO)CO)c1I)c1c(I)c(C(=O)NCCO)c(I)c(C(=O)NC(CO)CO)c1I. The fraction of sp³-hybridized carbons (Fsp3) is 0.419. The number of halogens is 6. The molecule has 2 aromatic rings. The maximum Gasteiger partial charge on any atom is 0.253 e. The topological polar surface area (TPSA) is 299 Å². The third-order valence-corrected chi connectivity index (χ3v) is 13.8. The molecule has 0 unspecified atom stereocenters. The first kappa shape index (κ1) is 51.5. The van der Waals surface area contributed by atoms with Gasteiger partial charge in [-0.2, -0.15) is 0 Å². The highest BCUT2D eigenvalue weighted by atomic mass is 127. The minimum Gasteiger partial charge on any atom is -0.395 e. The zero-order valence-corrected chi connectivity index (χ0v) is 41.6. The molecule has 11 N–H and O–H groups in total. The Bertz CT molecular complexity index is 1660. The van der Waals surface area contributed by atoms with Gasteiger partial charge in [-0.3, -0.25) is 28.8 Å². The number of rotatable bonds is 22. The zero-order valence-electron chi connectivity index (χ0n) is 28.7. The molecular formula is C31H36I6N6O13. The summed E-state index contributed by atoms with van der Waals surface area (Å²) < 4.78 is 0.938. The van der Waals surface area contributed by atoms with Crippen LogP contribution in [0.1, 0.15) is 41.4 Å². The second-order valence-corrected chi connectivity index (χ2v) is 17.8. The minimum absolute atomic E-state index is 0.0182. The van der Waals surface area contributed by atoms with Gasteiger partial charge < -0.3 is 66.8 Å². The normalized spacial score (nSPS) is 11.1. The summed E-state index contributed by atoms with van der Waals surface area (Å²) in [5, 5.41) is 78.3. The summed E-state index contributed by atoms with van der Waals surface area (Å²) in [5.74, 6) is -3.01. The van der Waals surface area contributed by atoms with Gasteiger partial charge in [0.1, 0.15) is 0 Å². The molecule has 2 aromatic carbocycles. The van der Waals surface area contributed by atoms with Crippen molar-refractivity contribution in [1.29, 1.82) is 0 Å². The quantitative estimate of drug-likeness (QED) is 0.0495. The molecule has 310 valence electrons. The van der Waals surface area contributed by atoms with Crippen molar-refractivity contribution in [3.8, 4) is 0 Å². The summed E-state index contributed by atoms with van der Waals surface area (Å²) in [5.41, 5.74) is -0.250. The lowest BCUT2D eigenvalue weighted by atomic mass is 10.1. The lowest BCUT2D eigenvalue weighted by molar-refractivity contribution is -0.108. The number of carbonyl (C=O) groups excluding carboxylic acids is 6. The van der Waals surface area contributed by atoms with Crippen molar-refractivity contribution in [2.24, 2.45) is 0 Å². The molecule has 2 rings (SSSR count). The summed E-state index contributed by atoms with van der Waals surface area (Å²) in [6.45, 7) is -4.58. The van der Waals surface area contributed by atoms with Crippen molar-refractivity contribution in [1.82, 2.24) is 21.3 Å². The highest BCUT2D eigenvalue weighted by Crippen LogP contribution is 2.39. The van der Waals surface area contributed by atoms with Gasteiger partial charge in [-0.15, -0.1) is 0 Å². The van der Waals surface area contributed by atoms with E-state index in [9.17, 15) is 64.5 Å². The molecule has 0 aliphatic rings. The first-order valence-corrected chi connectivity index (χ1v) is 22.4. The van der Waals surface area contributed by atoms with E-state index >= 15 is 0 Å². The number of amides is 6. The second kappa shape index (κ2) is 25.2. The molecule has 6 amide bonds. The predicted octanol–water partition coefficient (Wildman–Crippen LogP) is -1.09. The molecule has 0 bridgehead atoms. The number of anilines is 2. The van der Waals surface area contributed by atoms with Crippen LogP contribution in [0.25, 0.3) is 0 Å². The average Bonchev–Trinajstić information content (AvgIpc) is 3.16. The highest BCUT2D eigenvalue weighted by Gasteiger charge is 2.34. The maximum absolute atomic E-state index is 13.5. The molecule has 0 saturated carbocycles. The van der Waals surface area contributed by atoms with Gasteiger partial charge in [0.25, 0.3) is 23.6 Å². The smallest absolute Gasteiger partial charge is 0.253 e. The van der Waals surface area contributed by atoms with Crippen LogP contribution in [-0.2, 0) is 9.59 Å². The van der Waals surface area contributed by atoms with E-state index in [0.717, 1.165) is 9.80 Å². The average molecular weight is 1460 g/mol. The Kier molecular flexibility index (Phi) is 23.2. The van der Waals surface area contributed by atoms with Crippen molar-refractivity contribution in [3.05, 3.63) is 43.7 Å². The fourth-order valence-electron chi connectivity index (χ4n) is 4.82. The number of benzene rings is 2. The number of nitrogens with zero attached hydrogens (tertiary/aromatic N) is 2. The van der Waals surface area contributed by atoms with E-state index in [1.54, 1.807) is 136 Å². The van der Waals surface area contributed by atoms with E-state index in [2.05, 4.69) is 21.3 Å². The molecule has 0 fully saturated rings. The van der Waals surface area contributed by atoms with Gasteiger partial charge in [0, 0.05) is 20.2 Å². The van der Waals surface area contributed by atoms with Crippen molar-refractivity contribution in [2.45, 2.75) is 18.2 Å². The van der Waals surface area contributed by atoms with Crippen LogP contribution in [0, 0.1) is 21.4 Å². The third-order valence-electron chi connectivity index (χ3n) is 7.49. The van der Waals surface area contributed by atoms with Gasteiger partial charge in [0.05, 0.1) is 119 Å². The van der Waals surface area contributed by atoms with Crippen LogP contribution in [0.15, 0.2) is 0 Å². The molecule has 19 nitrogen and oxygen atoms in total. The first-order chi connectivity index (χ1) is 26.5. The Morgan fingerprint density at radius 2 is 0.804 bits per heavy atom. The van der Waals surface area contributed by atoms with Crippen LogP contribution in [0.3, 0.4) is 0 Å². The van der Waals surface area contributed by atoms with Crippen molar-refractivity contribution in [3.63, 3.8) is 0 Å². The van der Waals surface area contributed by atoms with Gasteiger partial charge in [0.2, 0.25) is 12.8 Å². The molecule has 0 aliphatic heterocycles. The zero-order chi connectivity index (χ0) is 42.4. The van der Waals surface area contributed by atoms with Crippen LogP contribution in [0.4, 0.5) is 11.4 Å². The van der Waals surface area contributed by atoms with Crippen LogP contribution < -0.4 is 31.1 Å². The number of aliphatic hydroxyl groups excluding tert-OH is 7. The van der Waals surface area contributed by atoms with Gasteiger partial charge in [-0.1, -0.05) is 0 Å². The Hall–Kier alpha value is -0.640. The van der Waals surface area contributed by atoms with Gasteiger partial charge >= 0.3 is 0 Å². The molecule has 0 heterocycles. The van der Waals surface area contributed by atoms with E-state index in [4.69, 9.17) is 0 Å². The highest BCUT2D eigenvalue weighted by molar-refractivity contribution is 14.1. The van der Waals surface area contributed by atoms with Crippen LogP contribution in [-0.4, -0.2) is 156 Å². The third kappa shape index (κ3) is 12.7. The molecule has 0 atom stereocenters. The number of aliphatic hydroxyl groups is 7. The second-order valence-electron chi connectivity index (χ2n) is 11.3. The Morgan fingerprint density at radius 3 is 1.05 bits per heavy atom. The summed E-state index contributed by atoms with van der Waals surface area (Å²) in [6.07, 6.45) is -0.881. The monoisotopic (exact) mass is 1460 g/mol. The summed E-state index contributed by atoms with van der Waals surface area (Å²) >= 11 is 10.7. The van der Waals surface area contributed by atoms with Crippen LogP contribution in [0.5, 0.6) is 0 Å². The molecule has 25 heteroatoms. The number of hydrogen-bond donors (Lipinski definition) is 11. The van der Waals surface area contributed by atoms with Crippen LogP contribution >= 0.6 is 136 Å². The van der Waals surface area contributed by atoms with Gasteiger partial charge in [-0.25, -0.2) is 0 Å². The van der Waals surface area contributed by atoms with Gasteiger partial charge in [-0.05, 0) is 136 Å². The molecule has 0 saturated heterocycles. The van der Waals surface area contributed by atoms with Gasteiger partial charge in [0.15, 0.2) is 0 Å². The maximum atomic E-state index is 13.5. The van der Waals surface area contributed by atoms with E-state index in [1.807, 2.05) is 0 Å². The Balaban J connectivity index is 2.75. The first-order valence-electron chi connectivity index (χ1n) is 15.9. The summed E-state index contributed by atoms with van der Waals surface area (Å²) in [6, 6.07) is -2.13. The molecule has 0 radical (unpaired) electrons. The summed E-state index contributed by atoms with van der Waals surface area (Å²) in [7, 11) is 0. The number of carbonyl (C=O) groups is 6.